The van der Waals surface area contributed by atoms with E-state index in [0.29, 0.717) is 27.4 Å². The zero-order valence-electron chi connectivity index (χ0n) is 17.4. The summed E-state index contributed by atoms with van der Waals surface area (Å²) in [5, 5.41) is 0.545. The van der Waals surface area contributed by atoms with Crippen molar-refractivity contribution in [1.82, 2.24) is 0 Å². The van der Waals surface area contributed by atoms with Crippen LogP contribution in [-0.2, 0) is 16.0 Å². The first-order chi connectivity index (χ1) is 15.4. The molecular formula is C25H22BrClO5. The van der Waals surface area contributed by atoms with Gasteiger partial charge in [-0.3, -0.25) is 0 Å². The average Bonchev–Trinajstić information content (AvgIpc) is 2.79. The molecule has 0 bridgehead atoms. The first kappa shape index (κ1) is 23.8. The van der Waals surface area contributed by atoms with Gasteiger partial charge in [0.1, 0.15) is 11.5 Å². The molecule has 0 aliphatic rings. The smallest absolute Gasteiger partial charge is 0.352 e. The largest absolute Gasteiger partial charge is 0.478 e. The fourth-order valence-electron chi connectivity index (χ4n) is 2.86. The van der Waals surface area contributed by atoms with Crippen molar-refractivity contribution in [2.24, 2.45) is 0 Å². The summed E-state index contributed by atoms with van der Waals surface area (Å²) < 4.78 is 17.0. The van der Waals surface area contributed by atoms with Crippen LogP contribution in [0.4, 0.5) is 0 Å². The second-order valence-corrected chi connectivity index (χ2v) is 8.30. The van der Waals surface area contributed by atoms with E-state index in [1.165, 1.54) is 11.6 Å². The zero-order valence-corrected chi connectivity index (χ0v) is 19.8. The molecule has 1 atom stereocenters. The zero-order chi connectivity index (χ0) is 22.9. The van der Waals surface area contributed by atoms with Gasteiger partial charge in [0.15, 0.2) is 6.10 Å². The van der Waals surface area contributed by atoms with Crippen molar-refractivity contribution in [3.05, 3.63) is 93.4 Å². The van der Waals surface area contributed by atoms with Crippen LogP contribution in [0.5, 0.6) is 11.5 Å². The van der Waals surface area contributed by atoms with Crippen molar-refractivity contribution in [1.29, 1.82) is 0 Å². The number of halogens is 2. The number of ether oxygens (including phenoxy) is 3. The van der Waals surface area contributed by atoms with Crippen molar-refractivity contribution in [3.63, 3.8) is 0 Å². The van der Waals surface area contributed by atoms with Gasteiger partial charge in [0, 0.05) is 5.02 Å². The molecule has 1 unspecified atom stereocenters. The minimum absolute atomic E-state index is 0.236. The molecule has 0 heterocycles. The minimum atomic E-state index is -0.874. The summed E-state index contributed by atoms with van der Waals surface area (Å²) in [5.41, 5.74) is 1.50. The molecule has 32 heavy (non-hydrogen) atoms. The molecule has 0 aliphatic heterocycles. The van der Waals surface area contributed by atoms with Gasteiger partial charge < -0.3 is 14.2 Å². The van der Waals surface area contributed by atoms with Crippen LogP contribution in [0.25, 0.3) is 0 Å². The average molecular weight is 518 g/mol. The monoisotopic (exact) mass is 516 g/mol. The molecule has 0 saturated heterocycles. The number of aryl methyl sites for hydroxylation is 1. The van der Waals surface area contributed by atoms with Crippen LogP contribution in [0.1, 0.15) is 29.3 Å². The lowest BCUT2D eigenvalue weighted by molar-refractivity contribution is -0.141. The molecule has 3 aromatic carbocycles. The fraction of sp³-hybridized carbons (Fsp3) is 0.200. The maximum absolute atomic E-state index is 12.4. The number of hydrogen-bond acceptors (Lipinski definition) is 5. The van der Waals surface area contributed by atoms with E-state index in [1.807, 2.05) is 30.3 Å². The summed E-state index contributed by atoms with van der Waals surface area (Å²) in [6.45, 7) is 1.88. The second kappa shape index (κ2) is 11.7. The Hall–Kier alpha value is -2.83. The van der Waals surface area contributed by atoms with Crippen molar-refractivity contribution >= 4 is 39.5 Å². The third kappa shape index (κ3) is 7.11. The van der Waals surface area contributed by atoms with Gasteiger partial charge in [-0.2, -0.15) is 0 Å². The highest BCUT2D eigenvalue weighted by Gasteiger charge is 2.19. The topological polar surface area (TPSA) is 61.8 Å². The van der Waals surface area contributed by atoms with Gasteiger partial charge >= 0.3 is 11.9 Å². The van der Waals surface area contributed by atoms with Gasteiger partial charge in [0.2, 0.25) is 0 Å². The molecule has 3 rings (SSSR count). The predicted molar refractivity (Wildman–Crippen MR) is 126 cm³/mol. The number of hydrogen-bond donors (Lipinski definition) is 0. The lowest BCUT2D eigenvalue weighted by Gasteiger charge is -2.15. The molecular weight excluding hydrogens is 496 g/mol. The van der Waals surface area contributed by atoms with Crippen molar-refractivity contribution in [2.45, 2.75) is 25.9 Å². The third-order valence-corrected chi connectivity index (χ3v) is 5.36. The highest BCUT2D eigenvalue weighted by atomic mass is 79.9. The van der Waals surface area contributed by atoms with E-state index in [1.54, 1.807) is 43.3 Å². The van der Waals surface area contributed by atoms with E-state index < -0.39 is 18.0 Å². The molecule has 0 aromatic heterocycles. The Labute approximate surface area is 200 Å². The van der Waals surface area contributed by atoms with E-state index in [2.05, 4.69) is 15.9 Å². The second-order valence-electron chi connectivity index (χ2n) is 7.01. The van der Waals surface area contributed by atoms with E-state index in [9.17, 15) is 9.59 Å². The van der Waals surface area contributed by atoms with Crippen LogP contribution >= 0.6 is 27.5 Å². The first-order valence-electron chi connectivity index (χ1n) is 10.1. The number of benzene rings is 3. The van der Waals surface area contributed by atoms with Crippen LogP contribution in [-0.4, -0.2) is 24.6 Å². The molecule has 3 aromatic rings. The highest BCUT2D eigenvalue weighted by molar-refractivity contribution is 9.10. The summed E-state index contributed by atoms with van der Waals surface area (Å²) >= 11 is 9.26. The first-order valence-corrected chi connectivity index (χ1v) is 11.2. The number of esters is 2. The van der Waals surface area contributed by atoms with E-state index in [-0.39, 0.29) is 5.75 Å². The fourth-order valence-corrected chi connectivity index (χ4v) is 3.64. The van der Waals surface area contributed by atoms with Crippen LogP contribution in [0, 0.1) is 0 Å². The number of carbonyl (C=O) groups is 2. The summed E-state index contributed by atoms with van der Waals surface area (Å²) in [6, 6.07) is 21.3. The van der Waals surface area contributed by atoms with Gasteiger partial charge in [-0.05, 0) is 77.7 Å². The van der Waals surface area contributed by atoms with Crippen molar-refractivity contribution < 1.29 is 23.8 Å². The Kier molecular flexibility index (Phi) is 8.71. The summed E-state index contributed by atoms with van der Waals surface area (Å²) in [6.07, 6.45) is 0.675. The predicted octanol–water partition coefficient (Wildman–Crippen LogP) is 6.27. The SMILES string of the molecule is CC(Oc1ccc(Cl)cc1Br)C(=O)Oc1cccc(C(=O)OCCCc2ccccc2)c1. The molecule has 166 valence electrons. The minimum Gasteiger partial charge on any atom is -0.478 e. The van der Waals surface area contributed by atoms with Crippen LogP contribution < -0.4 is 9.47 Å². The van der Waals surface area contributed by atoms with E-state index >= 15 is 0 Å². The molecule has 0 saturated carbocycles. The Bertz CT molecular complexity index is 1070. The van der Waals surface area contributed by atoms with Crippen LogP contribution in [0.2, 0.25) is 5.02 Å². The van der Waals surface area contributed by atoms with Crippen LogP contribution in [0.3, 0.4) is 0 Å². The van der Waals surface area contributed by atoms with Gasteiger partial charge in [0.05, 0.1) is 16.6 Å². The quantitative estimate of drug-likeness (QED) is 0.190. The maximum atomic E-state index is 12.4. The molecule has 7 heteroatoms. The molecule has 5 nitrogen and oxygen atoms in total. The van der Waals surface area contributed by atoms with Gasteiger partial charge in [-0.15, -0.1) is 0 Å². The molecule has 0 radical (unpaired) electrons. The van der Waals surface area contributed by atoms with E-state index in [4.69, 9.17) is 25.8 Å². The van der Waals surface area contributed by atoms with Gasteiger partial charge in [-0.25, -0.2) is 9.59 Å². The van der Waals surface area contributed by atoms with Crippen molar-refractivity contribution in [2.75, 3.05) is 6.61 Å². The highest BCUT2D eigenvalue weighted by Crippen LogP contribution is 2.29. The Morgan fingerprint density at radius 2 is 1.78 bits per heavy atom. The van der Waals surface area contributed by atoms with Gasteiger partial charge in [0.25, 0.3) is 0 Å². The number of rotatable bonds is 9. The molecule has 0 aliphatic carbocycles. The lowest BCUT2D eigenvalue weighted by Crippen LogP contribution is -2.28. The van der Waals surface area contributed by atoms with E-state index in [0.717, 1.165) is 12.8 Å². The third-order valence-electron chi connectivity index (χ3n) is 4.50. The Morgan fingerprint density at radius 3 is 2.53 bits per heavy atom. The summed E-state index contributed by atoms with van der Waals surface area (Å²) in [5.74, 6) is -0.364. The number of carbonyl (C=O) groups excluding carboxylic acids is 2. The normalized spacial score (nSPS) is 11.5. The van der Waals surface area contributed by atoms with Gasteiger partial charge in [-0.1, -0.05) is 48.0 Å². The Morgan fingerprint density at radius 1 is 1.00 bits per heavy atom. The van der Waals surface area contributed by atoms with Crippen LogP contribution in [0.15, 0.2) is 77.3 Å². The van der Waals surface area contributed by atoms with Crippen molar-refractivity contribution in [3.8, 4) is 11.5 Å². The standard InChI is InChI=1S/C25H22BrClO5/c1-17(31-23-13-12-20(27)16-22(23)26)24(28)32-21-11-5-10-19(15-21)25(29)30-14-6-9-18-7-3-2-4-8-18/h2-5,7-8,10-13,15-17H,6,9,14H2,1H3. The Balaban J connectivity index is 1.50. The maximum Gasteiger partial charge on any atom is 0.352 e. The molecule has 0 amide bonds. The summed E-state index contributed by atoms with van der Waals surface area (Å²) in [7, 11) is 0. The lowest BCUT2D eigenvalue weighted by atomic mass is 10.1. The summed E-state index contributed by atoms with van der Waals surface area (Å²) in [4.78, 5) is 24.7. The molecule has 0 spiro atoms. The molecule has 0 fully saturated rings. The molecule has 0 N–H and O–H groups in total.